The van der Waals surface area contributed by atoms with E-state index in [1.165, 1.54) is 11.1 Å². The summed E-state index contributed by atoms with van der Waals surface area (Å²) in [5.74, 6) is 0.927. The Kier molecular flexibility index (Phi) is 4.22. The Labute approximate surface area is 114 Å². The van der Waals surface area contributed by atoms with Crippen LogP contribution in [0.3, 0.4) is 0 Å². The van der Waals surface area contributed by atoms with Crippen molar-refractivity contribution >= 4 is 11.0 Å². The quantitative estimate of drug-likeness (QED) is 0.869. The SMILES string of the molecule is CCC(N)c1nc2cc(C)c(C)cc2n1CCCO. The van der Waals surface area contributed by atoms with Crippen LogP contribution >= 0.6 is 0 Å². The number of imidazole rings is 1. The number of nitrogens with zero attached hydrogens (tertiary/aromatic N) is 2. The Hall–Kier alpha value is -1.39. The Bertz CT molecular complexity index is 574. The lowest BCUT2D eigenvalue weighted by Gasteiger charge is -2.13. The summed E-state index contributed by atoms with van der Waals surface area (Å²) in [6, 6.07) is 4.24. The van der Waals surface area contributed by atoms with Crippen LogP contribution in [0.25, 0.3) is 11.0 Å². The van der Waals surface area contributed by atoms with Crippen molar-refractivity contribution in [2.24, 2.45) is 5.73 Å². The number of aryl methyl sites for hydroxylation is 3. The number of hydrogen-bond donors (Lipinski definition) is 2. The molecule has 0 aliphatic carbocycles. The van der Waals surface area contributed by atoms with Crippen molar-refractivity contribution < 1.29 is 5.11 Å². The van der Waals surface area contributed by atoms with Gasteiger partial charge in [0.2, 0.25) is 0 Å². The average Bonchev–Trinajstić information content (AvgIpc) is 2.74. The predicted molar refractivity (Wildman–Crippen MR) is 78.1 cm³/mol. The van der Waals surface area contributed by atoms with Crippen LogP contribution in [0.15, 0.2) is 12.1 Å². The largest absolute Gasteiger partial charge is 0.396 e. The topological polar surface area (TPSA) is 64.1 Å². The highest BCUT2D eigenvalue weighted by atomic mass is 16.3. The summed E-state index contributed by atoms with van der Waals surface area (Å²) >= 11 is 0. The Morgan fingerprint density at radius 3 is 2.63 bits per heavy atom. The zero-order valence-electron chi connectivity index (χ0n) is 12.0. The highest BCUT2D eigenvalue weighted by molar-refractivity contribution is 5.78. The first-order valence-corrected chi connectivity index (χ1v) is 6.92. The molecule has 19 heavy (non-hydrogen) atoms. The molecule has 0 amide bonds. The van der Waals surface area contributed by atoms with Gasteiger partial charge in [-0.25, -0.2) is 4.98 Å². The van der Waals surface area contributed by atoms with Gasteiger partial charge >= 0.3 is 0 Å². The van der Waals surface area contributed by atoms with E-state index in [9.17, 15) is 0 Å². The summed E-state index contributed by atoms with van der Waals surface area (Å²) in [5, 5.41) is 9.06. The van der Waals surface area contributed by atoms with Gasteiger partial charge in [-0.1, -0.05) is 6.92 Å². The molecule has 4 nitrogen and oxygen atoms in total. The summed E-state index contributed by atoms with van der Waals surface area (Å²) in [6.45, 7) is 7.22. The standard InChI is InChI=1S/C15H23N3O/c1-4-12(16)15-17-13-8-10(2)11(3)9-14(13)18(15)6-5-7-19/h8-9,12,19H,4-7,16H2,1-3H3. The van der Waals surface area contributed by atoms with Crippen molar-refractivity contribution in [2.45, 2.75) is 46.2 Å². The summed E-state index contributed by atoms with van der Waals surface area (Å²) in [6.07, 6.45) is 1.59. The Balaban J connectivity index is 2.59. The molecule has 0 saturated carbocycles. The monoisotopic (exact) mass is 261 g/mol. The summed E-state index contributed by atoms with van der Waals surface area (Å²) < 4.78 is 2.16. The number of aliphatic hydroxyl groups excluding tert-OH is 1. The van der Waals surface area contributed by atoms with Crippen LogP contribution in [-0.4, -0.2) is 21.3 Å². The fourth-order valence-corrected chi connectivity index (χ4v) is 2.33. The number of fused-ring (bicyclic) bond motifs is 1. The predicted octanol–water partition coefficient (Wildman–Crippen LogP) is 2.45. The lowest BCUT2D eigenvalue weighted by Crippen LogP contribution is -2.16. The molecule has 1 aromatic carbocycles. The molecule has 0 saturated heterocycles. The molecule has 1 aromatic heterocycles. The third kappa shape index (κ3) is 2.65. The summed E-state index contributed by atoms with van der Waals surface area (Å²) in [4.78, 5) is 4.69. The fraction of sp³-hybridized carbons (Fsp3) is 0.533. The van der Waals surface area contributed by atoms with E-state index < -0.39 is 0 Å². The van der Waals surface area contributed by atoms with Gasteiger partial charge in [0.05, 0.1) is 17.1 Å². The molecular weight excluding hydrogens is 238 g/mol. The van der Waals surface area contributed by atoms with E-state index in [2.05, 4.69) is 37.5 Å². The molecule has 0 aliphatic heterocycles. The summed E-state index contributed by atoms with van der Waals surface area (Å²) in [5.41, 5.74) is 10.8. The molecule has 2 rings (SSSR count). The van der Waals surface area contributed by atoms with E-state index >= 15 is 0 Å². The number of rotatable bonds is 5. The van der Waals surface area contributed by atoms with Crippen molar-refractivity contribution in [3.05, 3.63) is 29.1 Å². The first-order chi connectivity index (χ1) is 9.08. The van der Waals surface area contributed by atoms with Gasteiger partial charge in [-0.2, -0.15) is 0 Å². The van der Waals surface area contributed by atoms with Crippen LogP contribution in [0.2, 0.25) is 0 Å². The second-order valence-electron chi connectivity index (χ2n) is 5.14. The maximum Gasteiger partial charge on any atom is 0.126 e. The highest BCUT2D eigenvalue weighted by Gasteiger charge is 2.16. The molecule has 0 spiro atoms. The summed E-state index contributed by atoms with van der Waals surface area (Å²) in [7, 11) is 0. The van der Waals surface area contributed by atoms with Gasteiger partial charge in [0.1, 0.15) is 5.82 Å². The fourth-order valence-electron chi connectivity index (χ4n) is 2.33. The molecule has 1 atom stereocenters. The molecular formula is C15H23N3O. The number of benzene rings is 1. The number of nitrogens with two attached hydrogens (primary N) is 1. The molecule has 104 valence electrons. The smallest absolute Gasteiger partial charge is 0.126 e. The van der Waals surface area contributed by atoms with E-state index in [0.29, 0.717) is 0 Å². The van der Waals surface area contributed by atoms with Crippen molar-refractivity contribution in [1.82, 2.24) is 9.55 Å². The molecule has 0 bridgehead atoms. The maximum atomic E-state index is 9.06. The van der Waals surface area contributed by atoms with Crippen LogP contribution in [0.5, 0.6) is 0 Å². The zero-order valence-corrected chi connectivity index (χ0v) is 12.0. The molecule has 1 heterocycles. The second-order valence-corrected chi connectivity index (χ2v) is 5.14. The molecule has 3 N–H and O–H groups in total. The van der Waals surface area contributed by atoms with Crippen molar-refractivity contribution in [2.75, 3.05) is 6.61 Å². The minimum absolute atomic E-state index is 0.0493. The van der Waals surface area contributed by atoms with Gasteiger partial charge in [0.25, 0.3) is 0 Å². The first kappa shape index (κ1) is 14.0. The molecule has 0 fully saturated rings. The first-order valence-electron chi connectivity index (χ1n) is 6.92. The number of aliphatic hydroxyl groups is 1. The van der Waals surface area contributed by atoms with Crippen LogP contribution in [0, 0.1) is 13.8 Å². The lowest BCUT2D eigenvalue weighted by molar-refractivity contribution is 0.279. The van der Waals surface area contributed by atoms with Crippen LogP contribution < -0.4 is 5.73 Å². The van der Waals surface area contributed by atoms with E-state index in [4.69, 9.17) is 15.8 Å². The van der Waals surface area contributed by atoms with Gasteiger partial charge in [-0.15, -0.1) is 0 Å². The van der Waals surface area contributed by atoms with E-state index in [-0.39, 0.29) is 12.6 Å². The van der Waals surface area contributed by atoms with Crippen LogP contribution in [0.4, 0.5) is 0 Å². The number of hydrogen-bond acceptors (Lipinski definition) is 3. The Morgan fingerprint density at radius 1 is 1.32 bits per heavy atom. The van der Waals surface area contributed by atoms with Gasteiger partial charge in [0.15, 0.2) is 0 Å². The minimum atomic E-state index is -0.0493. The molecule has 2 aromatic rings. The van der Waals surface area contributed by atoms with E-state index in [1.54, 1.807) is 0 Å². The molecule has 0 radical (unpaired) electrons. The normalized spacial score (nSPS) is 13.1. The van der Waals surface area contributed by atoms with Gasteiger partial charge in [-0.3, -0.25) is 0 Å². The second kappa shape index (κ2) is 5.72. The van der Waals surface area contributed by atoms with E-state index in [0.717, 1.165) is 36.2 Å². The number of aromatic nitrogens is 2. The maximum absolute atomic E-state index is 9.06. The van der Waals surface area contributed by atoms with Crippen LogP contribution in [0.1, 0.15) is 42.8 Å². The molecule has 4 heteroatoms. The van der Waals surface area contributed by atoms with Crippen molar-refractivity contribution in [1.29, 1.82) is 0 Å². The highest BCUT2D eigenvalue weighted by Crippen LogP contribution is 2.24. The van der Waals surface area contributed by atoms with E-state index in [1.807, 2.05) is 0 Å². The minimum Gasteiger partial charge on any atom is -0.396 e. The zero-order chi connectivity index (χ0) is 14.0. The van der Waals surface area contributed by atoms with Gasteiger partial charge < -0.3 is 15.4 Å². The average molecular weight is 261 g/mol. The Morgan fingerprint density at radius 2 is 2.00 bits per heavy atom. The molecule has 1 unspecified atom stereocenters. The third-order valence-corrected chi connectivity index (χ3v) is 3.70. The van der Waals surface area contributed by atoms with Crippen molar-refractivity contribution in [3.8, 4) is 0 Å². The lowest BCUT2D eigenvalue weighted by atomic mass is 10.1. The van der Waals surface area contributed by atoms with Crippen LogP contribution in [-0.2, 0) is 6.54 Å². The molecule has 0 aliphatic rings. The van der Waals surface area contributed by atoms with Gasteiger partial charge in [0, 0.05) is 13.2 Å². The van der Waals surface area contributed by atoms with Gasteiger partial charge in [-0.05, 0) is 49.9 Å². The third-order valence-electron chi connectivity index (χ3n) is 3.70. The van der Waals surface area contributed by atoms with Crippen molar-refractivity contribution in [3.63, 3.8) is 0 Å².